The number of ether oxygens (including phenoxy) is 1. The number of nitro benzene ring substituents is 1. The van der Waals surface area contributed by atoms with Gasteiger partial charge in [-0.3, -0.25) is 10.1 Å². The largest absolute Gasteiger partial charge is 0.486 e. The molecule has 0 fully saturated rings. The number of alkyl halides is 3. The highest BCUT2D eigenvalue weighted by atomic mass is 19.4. The van der Waals surface area contributed by atoms with Crippen molar-refractivity contribution >= 4 is 11.4 Å². The van der Waals surface area contributed by atoms with Crippen molar-refractivity contribution in [2.45, 2.75) is 25.6 Å². The SMILES string of the molecule is CCC1CN(CC(F)(F)F)c2ccc([N+](=O)[O-])cc2O1. The number of nitro groups is 1. The Hall–Kier alpha value is -1.99. The zero-order valence-corrected chi connectivity index (χ0v) is 10.7. The van der Waals surface area contributed by atoms with E-state index in [2.05, 4.69) is 0 Å². The van der Waals surface area contributed by atoms with Crippen LogP contribution in [-0.2, 0) is 0 Å². The summed E-state index contributed by atoms with van der Waals surface area (Å²) in [6, 6.07) is 3.64. The highest BCUT2D eigenvalue weighted by molar-refractivity contribution is 5.64. The summed E-state index contributed by atoms with van der Waals surface area (Å²) in [5.41, 5.74) is 0.0325. The zero-order chi connectivity index (χ0) is 14.9. The smallest absolute Gasteiger partial charge is 0.405 e. The van der Waals surface area contributed by atoms with Gasteiger partial charge in [0.15, 0.2) is 0 Å². The first-order valence-corrected chi connectivity index (χ1v) is 6.07. The van der Waals surface area contributed by atoms with Crippen molar-refractivity contribution in [2.75, 3.05) is 18.0 Å². The van der Waals surface area contributed by atoms with E-state index in [0.29, 0.717) is 6.42 Å². The van der Waals surface area contributed by atoms with Crippen molar-refractivity contribution in [3.8, 4) is 5.75 Å². The van der Waals surface area contributed by atoms with Crippen molar-refractivity contribution in [1.82, 2.24) is 0 Å². The standard InChI is InChI=1S/C12H13F3N2O3/c1-2-9-6-16(7-12(13,14)15)10-4-3-8(17(18)19)5-11(10)20-9/h3-5,9H,2,6-7H2,1H3. The average molecular weight is 290 g/mol. The molecular weight excluding hydrogens is 277 g/mol. The van der Waals surface area contributed by atoms with Gasteiger partial charge in [-0.2, -0.15) is 13.2 Å². The van der Waals surface area contributed by atoms with E-state index >= 15 is 0 Å². The molecule has 2 rings (SSSR count). The molecule has 0 bridgehead atoms. The summed E-state index contributed by atoms with van der Waals surface area (Å²) in [4.78, 5) is 11.3. The molecule has 110 valence electrons. The molecule has 1 unspecified atom stereocenters. The Bertz CT molecular complexity index is 519. The average Bonchev–Trinajstić information content (AvgIpc) is 2.35. The van der Waals surface area contributed by atoms with E-state index in [9.17, 15) is 23.3 Å². The molecule has 0 saturated heterocycles. The number of non-ortho nitro benzene ring substituents is 1. The lowest BCUT2D eigenvalue weighted by Gasteiger charge is -2.36. The molecule has 20 heavy (non-hydrogen) atoms. The zero-order valence-electron chi connectivity index (χ0n) is 10.7. The van der Waals surface area contributed by atoms with Gasteiger partial charge in [-0.05, 0) is 12.5 Å². The molecule has 1 aromatic rings. The summed E-state index contributed by atoms with van der Waals surface area (Å²) in [7, 11) is 0. The van der Waals surface area contributed by atoms with Crippen LogP contribution in [0.5, 0.6) is 5.75 Å². The highest BCUT2D eigenvalue weighted by Gasteiger charge is 2.35. The van der Waals surface area contributed by atoms with Crippen molar-refractivity contribution in [1.29, 1.82) is 0 Å². The number of rotatable bonds is 3. The van der Waals surface area contributed by atoms with Crippen molar-refractivity contribution in [3.63, 3.8) is 0 Å². The first-order valence-electron chi connectivity index (χ1n) is 6.07. The van der Waals surface area contributed by atoms with Gasteiger partial charge in [-0.1, -0.05) is 6.92 Å². The predicted molar refractivity (Wildman–Crippen MR) is 66.1 cm³/mol. The predicted octanol–water partition coefficient (Wildman–Crippen LogP) is 3.13. The van der Waals surface area contributed by atoms with Crippen LogP contribution in [0.2, 0.25) is 0 Å². The Labute approximate surface area is 113 Å². The van der Waals surface area contributed by atoms with Crippen molar-refractivity contribution in [3.05, 3.63) is 28.3 Å². The van der Waals surface area contributed by atoms with E-state index in [1.54, 1.807) is 6.92 Å². The highest BCUT2D eigenvalue weighted by Crippen LogP contribution is 2.38. The van der Waals surface area contributed by atoms with Crippen LogP contribution in [-0.4, -0.2) is 30.3 Å². The Morgan fingerprint density at radius 1 is 1.50 bits per heavy atom. The molecule has 0 aromatic heterocycles. The van der Waals surface area contributed by atoms with Gasteiger partial charge in [0.25, 0.3) is 5.69 Å². The molecular formula is C12H13F3N2O3. The number of anilines is 1. The van der Waals surface area contributed by atoms with Gasteiger partial charge in [-0.15, -0.1) is 0 Å². The second-order valence-corrected chi connectivity index (χ2v) is 4.55. The molecule has 0 radical (unpaired) electrons. The number of halogens is 3. The molecule has 1 heterocycles. The summed E-state index contributed by atoms with van der Waals surface area (Å²) < 4.78 is 43.2. The maximum absolute atomic E-state index is 12.6. The fourth-order valence-corrected chi connectivity index (χ4v) is 2.11. The molecule has 1 aromatic carbocycles. The molecule has 1 aliphatic rings. The Morgan fingerprint density at radius 3 is 2.75 bits per heavy atom. The van der Waals surface area contributed by atoms with Gasteiger partial charge in [0.1, 0.15) is 18.4 Å². The van der Waals surface area contributed by atoms with E-state index < -0.39 is 23.7 Å². The first-order chi connectivity index (χ1) is 9.30. The molecule has 0 aliphatic carbocycles. The van der Waals surface area contributed by atoms with E-state index in [4.69, 9.17) is 4.74 Å². The lowest BCUT2D eigenvalue weighted by Crippen LogP contribution is -2.44. The van der Waals surface area contributed by atoms with Gasteiger partial charge in [-0.25, -0.2) is 0 Å². The van der Waals surface area contributed by atoms with Gasteiger partial charge in [0.2, 0.25) is 0 Å². The van der Waals surface area contributed by atoms with Crippen LogP contribution in [0, 0.1) is 10.1 Å². The molecule has 5 nitrogen and oxygen atoms in total. The summed E-state index contributed by atoms with van der Waals surface area (Å²) >= 11 is 0. The lowest BCUT2D eigenvalue weighted by molar-refractivity contribution is -0.384. The third-order valence-corrected chi connectivity index (χ3v) is 3.04. The second kappa shape index (κ2) is 5.18. The normalized spacial score (nSPS) is 18.4. The van der Waals surface area contributed by atoms with Crippen LogP contribution >= 0.6 is 0 Å². The third-order valence-electron chi connectivity index (χ3n) is 3.04. The maximum Gasteiger partial charge on any atom is 0.405 e. The summed E-state index contributed by atoms with van der Waals surface area (Å²) in [6.07, 6.45) is -4.22. The molecule has 0 saturated carbocycles. The molecule has 0 spiro atoms. The third kappa shape index (κ3) is 3.12. The Kier molecular flexibility index (Phi) is 3.74. The van der Waals surface area contributed by atoms with Gasteiger partial charge in [0, 0.05) is 6.07 Å². The van der Waals surface area contributed by atoms with Crippen molar-refractivity contribution in [2.24, 2.45) is 0 Å². The van der Waals surface area contributed by atoms with Gasteiger partial charge in [0.05, 0.1) is 23.2 Å². The monoisotopic (exact) mass is 290 g/mol. The molecule has 0 N–H and O–H groups in total. The molecule has 1 atom stereocenters. The fraction of sp³-hybridized carbons (Fsp3) is 0.500. The molecule has 1 aliphatic heterocycles. The van der Waals surface area contributed by atoms with E-state index in [0.717, 1.165) is 4.90 Å². The number of benzene rings is 1. The summed E-state index contributed by atoms with van der Waals surface area (Å²) in [6.45, 7) is 0.803. The van der Waals surface area contributed by atoms with Gasteiger partial charge < -0.3 is 9.64 Å². The number of hydrogen-bond acceptors (Lipinski definition) is 4. The topological polar surface area (TPSA) is 55.6 Å². The van der Waals surface area contributed by atoms with Crippen LogP contribution in [0.25, 0.3) is 0 Å². The van der Waals surface area contributed by atoms with Gasteiger partial charge >= 0.3 is 6.18 Å². The van der Waals surface area contributed by atoms with Crippen LogP contribution in [0.1, 0.15) is 13.3 Å². The van der Waals surface area contributed by atoms with Crippen LogP contribution < -0.4 is 9.64 Å². The summed E-state index contributed by atoms with van der Waals surface area (Å²) in [5.74, 6) is 0.126. The van der Waals surface area contributed by atoms with Crippen LogP contribution in [0.3, 0.4) is 0 Å². The minimum atomic E-state index is -4.34. The quantitative estimate of drug-likeness (QED) is 0.634. The lowest BCUT2D eigenvalue weighted by atomic mass is 10.1. The number of nitrogens with zero attached hydrogens (tertiary/aromatic N) is 2. The minimum Gasteiger partial charge on any atom is -0.486 e. The summed E-state index contributed by atoms with van der Waals surface area (Å²) in [5, 5.41) is 10.7. The second-order valence-electron chi connectivity index (χ2n) is 4.55. The van der Waals surface area contributed by atoms with E-state index in [-0.39, 0.29) is 23.7 Å². The van der Waals surface area contributed by atoms with Crippen molar-refractivity contribution < 1.29 is 22.8 Å². The Morgan fingerprint density at radius 2 is 2.20 bits per heavy atom. The van der Waals surface area contributed by atoms with Crippen LogP contribution in [0.15, 0.2) is 18.2 Å². The van der Waals surface area contributed by atoms with E-state index in [1.807, 2.05) is 0 Å². The molecule has 0 amide bonds. The number of hydrogen-bond donors (Lipinski definition) is 0. The van der Waals surface area contributed by atoms with Crippen LogP contribution in [0.4, 0.5) is 24.5 Å². The maximum atomic E-state index is 12.6. The fourth-order valence-electron chi connectivity index (χ4n) is 2.11. The number of fused-ring (bicyclic) bond motifs is 1. The Balaban J connectivity index is 2.36. The van der Waals surface area contributed by atoms with E-state index in [1.165, 1.54) is 18.2 Å². The molecule has 8 heteroatoms. The minimum absolute atomic E-state index is 0.112. The first kappa shape index (κ1) is 14.4.